The van der Waals surface area contributed by atoms with Crippen molar-refractivity contribution in [2.45, 2.75) is 13.8 Å². The van der Waals surface area contributed by atoms with Gasteiger partial charge in [-0.3, -0.25) is 0 Å². The SMILES string of the molecule is Cc1cc(NC(C#N)=C(C#N)C#N)c(C)cc1Br. The second-order valence-electron chi connectivity index (χ2n) is 3.63. The third-order valence-corrected chi connectivity index (χ3v) is 3.21. The largest absolute Gasteiger partial charge is 0.345 e. The standard InChI is InChI=1S/C13H9BrN4/c1-8-4-12(9(2)3-11(8)14)18-13(7-17)10(5-15)6-16/h3-4,18H,1-2H3. The van der Waals surface area contributed by atoms with E-state index in [4.69, 9.17) is 15.8 Å². The van der Waals surface area contributed by atoms with Gasteiger partial charge in [0.25, 0.3) is 0 Å². The predicted molar refractivity (Wildman–Crippen MR) is 71.1 cm³/mol. The van der Waals surface area contributed by atoms with Crippen LogP contribution >= 0.6 is 15.9 Å². The van der Waals surface area contributed by atoms with E-state index >= 15 is 0 Å². The van der Waals surface area contributed by atoms with Gasteiger partial charge in [-0.25, -0.2) is 0 Å². The monoisotopic (exact) mass is 300 g/mol. The van der Waals surface area contributed by atoms with Crippen LogP contribution in [0, 0.1) is 47.8 Å². The van der Waals surface area contributed by atoms with E-state index in [1.54, 1.807) is 12.1 Å². The lowest BCUT2D eigenvalue weighted by Crippen LogP contribution is -2.02. The summed E-state index contributed by atoms with van der Waals surface area (Å²) in [4.78, 5) is 0. The van der Waals surface area contributed by atoms with Gasteiger partial charge >= 0.3 is 0 Å². The molecule has 0 radical (unpaired) electrons. The Labute approximate surface area is 114 Å². The highest BCUT2D eigenvalue weighted by atomic mass is 79.9. The molecule has 88 valence electrons. The van der Waals surface area contributed by atoms with Gasteiger partial charge in [0, 0.05) is 10.2 Å². The zero-order valence-corrected chi connectivity index (χ0v) is 11.5. The lowest BCUT2D eigenvalue weighted by Gasteiger charge is -2.10. The van der Waals surface area contributed by atoms with Crippen molar-refractivity contribution in [1.29, 1.82) is 15.8 Å². The summed E-state index contributed by atoms with van der Waals surface area (Å²) in [6, 6.07) is 8.97. The van der Waals surface area contributed by atoms with Crippen LogP contribution in [0.5, 0.6) is 0 Å². The molecule has 5 heteroatoms. The van der Waals surface area contributed by atoms with E-state index in [1.165, 1.54) is 0 Å². The minimum atomic E-state index is -0.225. The highest BCUT2D eigenvalue weighted by Crippen LogP contribution is 2.25. The molecule has 0 saturated heterocycles. The molecule has 4 nitrogen and oxygen atoms in total. The van der Waals surface area contributed by atoms with Crippen LogP contribution in [0.15, 0.2) is 27.9 Å². The number of nitrogens with zero attached hydrogens (tertiary/aromatic N) is 3. The van der Waals surface area contributed by atoms with Crippen LogP contribution in [-0.4, -0.2) is 0 Å². The van der Waals surface area contributed by atoms with E-state index in [-0.39, 0.29) is 11.3 Å². The zero-order valence-electron chi connectivity index (χ0n) is 9.87. The van der Waals surface area contributed by atoms with E-state index in [0.717, 1.165) is 15.6 Å². The van der Waals surface area contributed by atoms with Crippen LogP contribution in [0.2, 0.25) is 0 Å². The fraction of sp³-hybridized carbons (Fsp3) is 0.154. The van der Waals surface area contributed by atoms with Gasteiger partial charge < -0.3 is 5.32 Å². The van der Waals surface area contributed by atoms with Gasteiger partial charge in [0.15, 0.2) is 5.57 Å². The third kappa shape index (κ3) is 2.88. The molecule has 1 aromatic carbocycles. The average Bonchev–Trinajstić information content (AvgIpc) is 2.35. The normalized spacial score (nSPS) is 8.67. The molecule has 0 atom stereocenters. The summed E-state index contributed by atoms with van der Waals surface area (Å²) in [7, 11) is 0. The van der Waals surface area contributed by atoms with Crippen molar-refractivity contribution in [2.24, 2.45) is 0 Å². The molecule has 0 aliphatic rings. The summed E-state index contributed by atoms with van der Waals surface area (Å²) in [5.41, 5.74) is 2.35. The Morgan fingerprint density at radius 1 is 1.06 bits per heavy atom. The topological polar surface area (TPSA) is 83.4 Å². The van der Waals surface area contributed by atoms with Gasteiger partial charge in [0.1, 0.15) is 23.9 Å². The van der Waals surface area contributed by atoms with E-state index in [0.29, 0.717) is 5.69 Å². The maximum atomic E-state index is 8.95. The van der Waals surface area contributed by atoms with E-state index in [9.17, 15) is 0 Å². The first-order valence-corrected chi connectivity index (χ1v) is 5.81. The van der Waals surface area contributed by atoms with Gasteiger partial charge in [-0.05, 0) is 37.1 Å². The molecule has 18 heavy (non-hydrogen) atoms. The number of nitrogens with one attached hydrogen (secondary N) is 1. The van der Waals surface area contributed by atoms with Gasteiger partial charge in [0.05, 0.1) is 0 Å². The second-order valence-corrected chi connectivity index (χ2v) is 4.48. The molecular weight excluding hydrogens is 292 g/mol. The molecule has 1 aromatic rings. The number of hydrogen-bond donors (Lipinski definition) is 1. The summed E-state index contributed by atoms with van der Waals surface area (Å²) in [5.74, 6) is 0. The summed E-state index contributed by atoms with van der Waals surface area (Å²) in [5, 5.41) is 29.3. The predicted octanol–water partition coefficient (Wildman–Crippen LogP) is 3.30. The molecular formula is C13H9BrN4. The van der Waals surface area contributed by atoms with Crippen LogP contribution in [0.25, 0.3) is 0 Å². The molecule has 0 aliphatic carbocycles. The Hall–Kier alpha value is -2.29. The Kier molecular flexibility index (Phi) is 4.49. The maximum Gasteiger partial charge on any atom is 0.163 e. The van der Waals surface area contributed by atoms with Crippen LogP contribution < -0.4 is 5.32 Å². The van der Waals surface area contributed by atoms with Crippen molar-refractivity contribution < 1.29 is 0 Å². The lowest BCUT2D eigenvalue weighted by molar-refractivity contribution is 1.31. The molecule has 0 saturated carbocycles. The molecule has 1 N–H and O–H groups in total. The summed E-state index contributed by atoms with van der Waals surface area (Å²) < 4.78 is 0.967. The van der Waals surface area contributed by atoms with Crippen molar-refractivity contribution in [3.05, 3.63) is 39.0 Å². The minimum absolute atomic E-state index is 0.0372. The highest BCUT2D eigenvalue weighted by Gasteiger charge is 2.09. The molecule has 0 bridgehead atoms. The fourth-order valence-electron chi connectivity index (χ4n) is 1.33. The van der Waals surface area contributed by atoms with Gasteiger partial charge in [-0.2, -0.15) is 15.8 Å². The maximum absolute atomic E-state index is 8.95. The van der Waals surface area contributed by atoms with E-state index in [2.05, 4.69) is 21.2 Å². The number of halogens is 1. The Morgan fingerprint density at radius 3 is 2.17 bits per heavy atom. The molecule has 0 amide bonds. The number of hydrogen-bond acceptors (Lipinski definition) is 4. The fourth-order valence-corrected chi connectivity index (χ4v) is 1.79. The van der Waals surface area contributed by atoms with Crippen LogP contribution in [0.3, 0.4) is 0 Å². The second kappa shape index (κ2) is 5.87. The quantitative estimate of drug-likeness (QED) is 0.849. The first-order valence-electron chi connectivity index (χ1n) is 5.01. The molecule has 1 rings (SSSR count). The molecule has 0 fully saturated rings. The van der Waals surface area contributed by atoms with Crippen molar-refractivity contribution in [2.75, 3.05) is 5.32 Å². The number of rotatable bonds is 2. The van der Waals surface area contributed by atoms with Gasteiger partial charge in [-0.15, -0.1) is 0 Å². The number of benzene rings is 1. The highest BCUT2D eigenvalue weighted by molar-refractivity contribution is 9.10. The van der Waals surface area contributed by atoms with Crippen LogP contribution in [-0.2, 0) is 0 Å². The first kappa shape index (κ1) is 13.8. The minimum Gasteiger partial charge on any atom is -0.345 e. The smallest absolute Gasteiger partial charge is 0.163 e. The number of anilines is 1. The first-order chi connectivity index (χ1) is 8.53. The summed E-state index contributed by atoms with van der Waals surface area (Å²) in [6.45, 7) is 3.79. The van der Waals surface area contributed by atoms with E-state index in [1.807, 2.05) is 32.0 Å². The molecule has 0 spiro atoms. The van der Waals surface area contributed by atoms with E-state index < -0.39 is 0 Å². The van der Waals surface area contributed by atoms with Crippen molar-refractivity contribution in [3.8, 4) is 18.2 Å². The Morgan fingerprint density at radius 2 is 1.67 bits per heavy atom. The lowest BCUT2D eigenvalue weighted by atomic mass is 10.1. The Balaban J connectivity index is 3.26. The number of allylic oxidation sites excluding steroid dienone is 2. The van der Waals surface area contributed by atoms with Crippen molar-refractivity contribution >= 4 is 21.6 Å². The molecule has 0 unspecified atom stereocenters. The van der Waals surface area contributed by atoms with Gasteiger partial charge in [-0.1, -0.05) is 15.9 Å². The number of aryl methyl sites for hydroxylation is 2. The molecule has 0 aliphatic heterocycles. The Bertz CT molecular complexity index is 623. The number of nitriles is 3. The van der Waals surface area contributed by atoms with Crippen LogP contribution in [0.4, 0.5) is 5.69 Å². The summed E-state index contributed by atoms with van der Waals surface area (Å²) >= 11 is 3.41. The molecule has 0 heterocycles. The summed E-state index contributed by atoms with van der Waals surface area (Å²) in [6.07, 6.45) is 0. The van der Waals surface area contributed by atoms with Crippen LogP contribution in [0.1, 0.15) is 11.1 Å². The third-order valence-electron chi connectivity index (χ3n) is 2.35. The zero-order chi connectivity index (χ0) is 13.7. The van der Waals surface area contributed by atoms with Crippen molar-refractivity contribution in [1.82, 2.24) is 0 Å². The molecule has 0 aromatic heterocycles. The average molecular weight is 301 g/mol. The van der Waals surface area contributed by atoms with Gasteiger partial charge in [0.2, 0.25) is 0 Å². The van der Waals surface area contributed by atoms with Crippen molar-refractivity contribution in [3.63, 3.8) is 0 Å².